The molecular weight excluding hydrogens is 272 g/mol. The van der Waals surface area contributed by atoms with Gasteiger partial charge in [0.25, 0.3) is 0 Å². The predicted molar refractivity (Wildman–Crippen MR) is 89.1 cm³/mol. The zero-order chi connectivity index (χ0) is 15.9. The fourth-order valence-electron chi connectivity index (χ4n) is 4.70. The number of Topliss-reactive ketones (excluding diaryl/α,β-unsaturated/α-hetero) is 1. The molecule has 3 atom stereocenters. The molecule has 1 aromatic rings. The lowest BCUT2D eigenvalue weighted by atomic mass is 9.53. The van der Waals surface area contributed by atoms with Gasteiger partial charge in [0.2, 0.25) is 0 Å². The number of hydrogen-bond donors (Lipinski definition) is 1. The van der Waals surface area contributed by atoms with E-state index in [0.29, 0.717) is 35.7 Å². The van der Waals surface area contributed by atoms with Crippen molar-refractivity contribution < 1.29 is 9.90 Å². The molecule has 0 spiro atoms. The van der Waals surface area contributed by atoms with Crippen molar-refractivity contribution >= 4 is 5.78 Å². The summed E-state index contributed by atoms with van der Waals surface area (Å²) in [5.41, 5.74) is 2.81. The predicted octanol–water partition coefficient (Wildman–Crippen LogP) is 4.84. The first-order valence-electron chi connectivity index (χ1n) is 8.73. The van der Waals surface area contributed by atoms with E-state index in [1.165, 1.54) is 24.0 Å². The van der Waals surface area contributed by atoms with Gasteiger partial charge in [-0.2, -0.15) is 0 Å². The Hall–Kier alpha value is -1.31. The summed E-state index contributed by atoms with van der Waals surface area (Å²) in [6.45, 7) is 6.94. The van der Waals surface area contributed by atoms with Crippen LogP contribution in [0.25, 0.3) is 0 Å². The maximum absolute atomic E-state index is 12.3. The van der Waals surface area contributed by atoms with Crippen molar-refractivity contribution in [1.82, 2.24) is 0 Å². The molecule has 0 bridgehead atoms. The SMILES string of the molecule is CC(C)CCC1CC(=O)CC2c3ccc(O)cc3CCC12C. The maximum Gasteiger partial charge on any atom is 0.133 e. The first kappa shape index (κ1) is 15.6. The molecule has 2 aliphatic rings. The monoisotopic (exact) mass is 300 g/mol. The number of ketones is 1. The van der Waals surface area contributed by atoms with Gasteiger partial charge in [-0.15, -0.1) is 0 Å². The van der Waals surface area contributed by atoms with Crippen LogP contribution in [0.3, 0.4) is 0 Å². The summed E-state index contributed by atoms with van der Waals surface area (Å²) in [5, 5.41) is 9.73. The lowest BCUT2D eigenvalue weighted by Crippen LogP contribution is -2.43. The molecule has 2 nitrogen and oxygen atoms in total. The molecule has 0 aliphatic heterocycles. The van der Waals surface area contributed by atoms with Crippen LogP contribution >= 0.6 is 0 Å². The number of rotatable bonds is 3. The second-order valence-corrected chi connectivity index (χ2v) is 8.06. The smallest absolute Gasteiger partial charge is 0.133 e. The van der Waals surface area contributed by atoms with Gasteiger partial charge in [0.1, 0.15) is 11.5 Å². The minimum atomic E-state index is 0.243. The fourth-order valence-corrected chi connectivity index (χ4v) is 4.70. The van der Waals surface area contributed by atoms with Gasteiger partial charge in [-0.25, -0.2) is 0 Å². The molecule has 0 heterocycles. The molecule has 120 valence electrons. The van der Waals surface area contributed by atoms with Crippen LogP contribution in [0, 0.1) is 17.3 Å². The van der Waals surface area contributed by atoms with Gasteiger partial charge in [-0.3, -0.25) is 4.79 Å². The highest BCUT2D eigenvalue weighted by molar-refractivity contribution is 5.81. The van der Waals surface area contributed by atoms with Crippen LogP contribution in [-0.4, -0.2) is 10.9 Å². The Labute approximate surface area is 133 Å². The van der Waals surface area contributed by atoms with Gasteiger partial charge in [0, 0.05) is 12.8 Å². The summed E-state index contributed by atoms with van der Waals surface area (Å²) < 4.78 is 0. The van der Waals surface area contributed by atoms with Crippen molar-refractivity contribution in [2.24, 2.45) is 17.3 Å². The van der Waals surface area contributed by atoms with E-state index in [9.17, 15) is 9.90 Å². The number of carbonyl (C=O) groups excluding carboxylic acids is 1. The Morgan fingerprint density at radius 1 is 1.32 bits per heavy atom. The maximum atomic E-state index is 12.3. The van der Waals surface area contributed by atoms with Gasteiger partial charge in [0.15, 0.2) is 0 Å². The van der Waals surface area contributed by atoms with E-state index in [1.54, 1.807) is 6.07 Å². The molecule has 0 aromatic heterocycles. The Morgan fingerprint density at radius 2 is 2.09 bits per heavy atom. The highest BCUT2D eigenvalue weighted by Gasteiger charge is 2.48. The topological polar surface area (TPSA) is 37.3 Å². The minimum absolute atomic E-state index is 0.243. The Bertz CT molecular complexity index is 575. The standard InChI is InChI=1S/C20H28O2/c1-13(2)4-5-15-11-17(22)12-19-18-7-6-16(21)10-14(18)8-9-20(15,19)3/h6-7,10,13,15,19,21H,4-5,8-9,11-12H2,1-3H3. The molecule has 0 saturated heterocycles. The van der Waals surface area contributed by atoms with Crippen molar-refractivity contribution in [2.75, 3.05) is 0 Å². The van der Waals surface area contributed by atoms with Crippen LogP contribution in [0.5, 0.6) is 5.75 Å². The summed E-state index contributed by atoms with van der Waals surface area (Å²) in [4.78, 5) is 12.3. The Kier molecular flexibility index (Phi) is 4.05. The highest BCUT2D eigenvalue weighted by Crippen LogP contribution is 2.57. The van der Waals surface area contributed by atoms with E-state index in [0.717, 1.165) is 19.3 Å². The number of carbonyl (C=O) groups is 1. The number of hydrogen-bond acceptors (Lipinski definition) is 2. The third-order valence-corrected chi connectivity index (χ3v) is 6.16. The number of benzene rings is 1. The first-order chi connectivity index (χ1) is 10.4. The molecule has 1 saturated carbocycles. The van der Waals surface area contributed by atoms with E-state index in [2.05, 4.69) is 26.8 Å². The number of phenols is 1. The van der Waals surface area contributed by atoms with Crippen molar-refractivity contribution in [1.29, 1.82) is 0 Å². The van der Waals surface area contributed by atoms with Gasteiger partial charge in [-0.05, 0) is 65.7 Å². The molecule has 1 N–H and O–H groups in total. The zero-order valence-corrected chi connectivity index (χ0v) is 14.1. The second kappa shape index (κ2) is 5.72. The van der Waals surface area contributed by atoms with Crippen LogP contribution in [0.4, 0.5) is 0 Å². The number of fused-ring (bicyclic) bond motifs is 3. The van der Waals surface area contributed by atoms with E-state index in [-0.39, 0.29) is 5.41 Å². The zero-order valence-electron chi connectivity index (χ0n) is 14.1. The Morgan fingerprint density at radius 3 is 2.82 bits per heavy atom. The third-order valence-electron chi connectivity index (χ3n) is 6.16. The molecule has 1 fully saturated rings. The third kappa shape index (κ3) is 2.68. The van der Waals surface area contributed by atoms with Crippen molar-refractivity contribution in [3.63, 3.8) is 0 Å². The molecule has 0 radical (unpaired) electrons. The molecule has 0 amide bonds. The largest absolute Gasteiger partial charge is 0.508 e. The number of aromatic hydroxyl groups is 1. The molecule has 3 unspecified atom stereocenters. The van der Waals surface area contributed by atoms with Crippen molar-refractivity contribution in [3.8, 4) is 5.75 Å². The van der Waals surface area contributed by atoms with E-state index in [4.69, 9.17) is 0 Å². The van der Waals surface area contributed by atoms with Gasteiger partial charge >= 0.3 is 0 Å². The van der Waals surface area contributed by atoms with Crippen LogP contribution < -0.4 is 0 Å². The average Bonchev–Trinajstić information content (AvgIpc) is 2.45. The molecule has 22 heavy (non-hydrogen) atoms. The quantitative estimate of drug-likeness (QED) is 0.867. The number of phenolic OH excluding ortho intramolecular Hbond substituents is 1. The van der Waals surface area contributed by atoms with Gasteiger partial charge < -0.3 is 5.11 Å². The molecule has 3 rings (SSSR count). The van der Waals surface area contributed by atoms with E-state index in [1.807, 2.05) is 6.07 Å². The summed E-state index contributed by atoms with van der Waals surface area (Å²) in [6, 6.07) is 5.74. The summed E-state index contributed by atoms with van der Waals surface area (Å²) >= 11 is 0. The Balaban J connectivity index is 1.93. The fraction of sp³-hybridized carbons (Fsp3) is 0.650. The normalized spacial score (nSPS) is 31.0. The van der Waals surface area contributed by atoms with Crippen LogP contribution in [0.15, 0.2) is 18.2 Å². The first-order valence-corrected chi connectivity index (χ1v) is 8.73. The van der Waals surface area contributed by atoms with E-state index < -0.39 is 0 Å². The summed E-state index contributed by atoms with van der Waals surface area (Å²) in [5.74, 6) is 2.34. The van der Waals surface area contributed by atoms with Gasteiger partial charge in [0.05, 0.1) is 0 Å². The molecule has 1 aromatic carbocycles. The second-order valence-electron chi connectivity index (χ2n) is 8.06. The van der Waals surface area contributed by atoms with Crippen LogP contribution in [0.1, 0.15) is 69.9 Å². The van der Waals surface area contributed by atoms with Crippen molar-refractivity contribution in [3.05, 3.63) is 29.3 Å². The highest BCUT2D eigenvalue weighted by atomic mass is 16.3. The van der Waals surface area contributed by atoms with Crippen LogP contribution in [0.2, 0.25) is 0 Å². The summed E-state index contributed by atoms with van der Waals surface area (Å²) in [7, 11) is 0. The lowest BCUT2D eigenvalue weighted by molar-refractivity contribution is -0.126. The summed E-state index contributed by atoms with van der Waals surface area (Å²) in [6.07, 6.45) is 6.01. The van der Waals surface area contributed by atoms with Gasteiger partial charge in [-0.1, -0.05) is 33.3 Å². The minimum Gasteiger partial charge on any atom is -0.508 e. The van der Waals surface area contributed by atoms with Crippen molar-refractivity contribution in [2.45, 2.75) is 65.2 Å². The van der Waals surface area contributed by atoms with E-state index >= 15 is 0 Å². The van der Waals surface area contributed by atoms with Crippen LogP contribution in [-0.2, 0) is 11.2 Å². The molecule has 2 heteroatoms. The average molecular weight is 300 g/mol. The number of aryl methyl sites for hydroxylation is 1. The molecular formula is C20H28O2. The molecule has 2 aliphatic carbocycles. The lowest BCUT2D eigenvalue weighted by Gasteiger charge is -2.51.